The highest BCUT2D eigenvalue weighted by Gasteiger charge is 2.36. The monoisotopic (exact) mass is 288 g/mol. The molecule has 0 saturated heterocycles. The fourth-order valence-corrected chi connectivity index (χ4v) is 3.16. The molecule has 0 bridgehead atoms. The number of benzene rings is 3. The van der Waals surface area contributed by atoms with E-state index in [2.05, 4.69) is 0 Å². The highest BCUT2D eigenvalue weighted by molar-refractivity contribution is 6.23. The molecule has 0 amide bonds. The second kappa shape index (κ2) is 4.53. The van der Waals surface area contributed by atoms with Crippen molar-refractivity contribution in [1.29, 1.82) is 0 Å². The number of carbonyl (C=O) groups is 2. The van der Waals surface area contributed by atoms with Crippen molar-refractivity contribution in [3.8, 4) is 11.1 Å². The van der Waals surface area contributed by atoms with Crippen molar-refractivity contribution >= 4 is 22.7 Å². The third-order valence-electron chi connectivity index (χ3n) is 4.13. The summed E-state index contributed by atoms with van der Waals surface area (Å²) < 4.78 is 4.87. The lowest BCUT2D eigenvalue weighted by molar-refractivity contribution is 0.0444. The molecule has 1 aliphatic rings. The molecule has 3 aromatic rings. The molecule has 0 aliphatic carbocycles. The Morgan fingerprint density at radius 1 is 0.682 bits per heavy atom. The first kappa shape index (κ1) is 12.8. The van der Waals surface area contributed by atoms with E-state index < -0.39 is 11.9 Å². The van der Waals surface area contributed by atoms with Gasteiger partial charge < -0.3 is 4.74 Å². The smallest absolute Gasteiger partial charge is 0.347 e. The third-order valence-corrected chi connectivity index (χ3v) is 4.13. The van der Waals surface area contributed by atoms with Crippen LogP contribution in [0.1, 0.15) is 26.3 Å². The maximum atomic E-state index is 12.2. The van der Waals surface area contributed by atoms with Crippen molar-refractivity contribution in [2.45, 2.75) is 6.92 Å². The first-order chi connectivity index (χ1) is 10.7. The zero-order valence-corrected chi connectivity index (χ0v) is 11.9. The molecular formula is C19H12O3. The lowest BCUT2D eigenvalue weighted by Gasteiger charge is -2.13. The van der Waals surface area contributed by atoms with Crippen LogP contribution in [0, 0.1) is 6.92 Å². The number of fused-ring (bicyclic) bond motifs is 2. The van der Waals surface area contributed by atoms with E-state index in [9.17, 15) is 9.59 Å². The van der Waals surface area contributed by atoms with Crippen molar-refractivity contribution in [1.82, 2.24) is 0 Å². The van der Waals surface area contributed by atoms with Crippen LogP contribution in [0.25, 0.3) is 21.9 Å². The fraction of sp³-hybridized carbons (Fsp3) is 0.0526. The van der Waals surface area contributed by atoms with Crippen LogP contribution in [0.15, 0.2) is 54.6 Å². The number of ether oxygens (including phenoxy) is 1. The normalized spacial score (nSPS) is 13.3. The average Bonchev–Trinajstić information content (AvgIpc) is 2.84. The fourth-order valence-electron chi connectivity index (χ4n) is 3.16. The van der Waals surface area contributed by atoms with Crippen LogP contribution >= 0.6 is 0 Å². The summed E-state index contributed by atoms with van der Waals surface area (Å²) in [5.74, 6) is -1.12. The summed E-state index contributed by atoms with van der Waals surface area (Å²) >= 11 is 0. The van der Waals surface area contributed by atoms with E-state index in [4.69, 9.17) is 4.74 Å². The van der Waals surface area contributed by atoms with Gasteiger partial charge in [0.15, 0.2) is 0 Å². The minimum atomic E-state index is -0.562. The van der Waals surface area contributed by atoms with Crippen molar-refractivity contribution in [2.75, 3.05) is 0 Å². The van der Waals surface area contributed by atoms with Crippen LogP contribution in [0.5, 0.6) is 0 Å². The van der Waals surface area contributed by atoms with E-state index in [1.807, 2.05) is 61.5 Å². The van der Waals surface area contributed by atoms with E-state index in [1.165, 1.54) is 0 Å². The molecule has 3 aromatic carbocycles. The number of cyclic esters (lactones) is 2. The Labute approximate surface area is 127 Å². The molecule has 22 heavy (non-hydrogen) atoms. The van der Waals surface area contributed by atoms with E-state index >= 15 is 0 Å². The van der Waals surface area contributed by atoms with Crippen LogP contribution in [0.3, 0.4) is 0 Å². The Kier molecular flexibility index (Phi) is 2.63. The number of aryl methyl sites for hydroxylation is 1. The summed E-state index contributed by atoms with van der Waals surface area (Å²) in [5, 5.41) is 1.92. The maximum absolute atomic E-state index is 12.2. The molecule has 0 aromatic heterocycles. The molecule has 0 radical (unpaired) electrons. The van der Waals surface area contributed by atoms with Gasteiger partial charge in [-0.2, -0.15) is 0 Å². The second-order valence-corrected chi connectivity index (χ2v) is 5.34. The predicted molar refractivity (Wildman–Crippen MR) is 83.9 cm³/mol. The van der Waals surface area contributed by atoms with Crippen molar-refractivity contribution < 1.29 is 14.3 Å². The van der Waals surface area contributed by atoms with E-state index in [-0.39, 0.29) is 0 Å². The van der Waals surface area contributed by atoms with Gasteiger partial charge in [-0.1, -0.05) is 54.6 Å². The lowest BCUT2D eigenvalue weighted by atomic mass is 9.87. The minimum Gasteiger partial charge on any atom is -0.386 e. The summed E-state index contributed by atoms with van der Waals surface area (Å²) in [6.45, 7) is 1.86. The van der Waals surface area contributed by atoms with Crippen molar-refractivity contribution in [2.24, 2.45) is 0 Å². The molecule has 0 saturated carbocycles. The lowest BCUT2D eigenvalue weighted by Crippen LogP contribution is -2.00. The quantitative estimate of drug-likeness (QED) is 0.499. The van der Waals surface area contributed by atoms with Crippen molar-refractivity contribution in [3.05, 3.63) is 71.3 Å². The Balaban J connectivity index is 2.25. The first-order valence-electron chi connectivity index (χ1n) is 7.05. The molecule has 4 rings (SSSR count). The molecule has 0 unspecified atom stereocenters. The van der Waals surface area contributed by atoms with Crippen LogP contribution in [0.2, 0.25) is 0 Å². The maximum Gasteiger partial charge on any atom is 0.347 e. The van der Waals surface area contributed by atoms with Gasteiger partial charge in [0.1, 0.15) is 0 Å². The van der Waals surface area contributed by atoms with E-state index in [0.29, 0.717) is 11.1 Å². The van der Waals surface area contributed by atoms with Gasteiger partial charge in [-0.15, -0.1) is 0 Å². The van der Waals surface area contributed by atoms with Crippen LogP contribution in [-0.4, -0.2) is 11.9 Å². The molecule has 1 aliphatic heterocycles. The van der Waals surface area contributed by atoms with Crippen LogP contribution in [0.4, 0.5) is 0 Å². The number of hydrogen-bond acceptors (Lipinski definition) is 3. The summed E-state index contributed by atoms with van der Waals surface area (Å²) in [6, 6.07) is 17.4. The van der Waals surface area contributed by atoms with Gasteiger partial charge in [-0.3, -0.25) is 0 Å². The van der Waals surface area contributed by atoms with Crippen molar-refractivity contribution in [3.63, 3.8) is 0 Å². The van der Waals surface area contributed by atoms with Gasteiger partial charge in [-0.25, -0.2) is 9.59 Å². The summed E-state index contributed by atoms with van der Waals surface area (Å²) in [6.07, 6.45) is 0. The summed E-state index contributed by atoms with van der Waals surface area (Å²) in [5.41, 5.74) is 3.24. The topological polar surface area (TPSA) is 43.4 Å². The van der Waals surface area contributed by atoms with Gasteiger partial charge in [0.2, 0.25) is 0 Å². The van der Waals surface area contributed by atoms with Gasteiger partial charge >= 0.3 is 11.9 Å². The Hall–Kier alpha value is -2.94. The molecular weight excluding hydrogens is 276 g/mol. The predicted octanol–water partition coefficient (Wildman–Crippen LogP) is 4.13. The van der Waals surface area contributed by atoms with Gasteiger partial charge in [-0.05, 0) is 28.8 Å². The van der Waals surface area contributed by atoms with Gasteiger partial charge in [0.05, 0.1) is 11.1 Å². The molecule has 0 atom stereocenters. The zero-order valence-electron chi connectivity index (χ0n) is 11.9. The Morgan fingerprint density at radius 2 is 1.27 bits per heavy atom. The standard InChI is InChI=1S/C19H12O3/c1-11-13-9-5-6-10-14(13)16(12-7-3-2-4-8-12)17-15(11)18(20)22-19(17)21/h2-10H,1H3. The van der Waals surface area contributed by atoms with Gasteiger partial charge in [0.25, 0.3) is 0 Å². The average molecular weight is 288 g/mol. The Morgan fingerprint density at radius 3 is 2.00 bits per heavy atom. The molecule has 0 spiro atoms. The Bertz CT molecular complexity index is 940. The largest absolute Gasteiger partial charge is 0.386 e. The molecule has 3 heteroatoms. The third kappa shape index (κ3) is 1.62. The van der Waals surface area contributed by atoms with Gasteiger partial charge in [0, 0.05) is 5.56 Å². The summed E-state index contributed by atoms with van der Waals surface area (Å²) in [4.78, 5) is 24.3. The number of rotatable bonds is 1. The molecule has 0 N–H and O–H groups in total. The molecule has 3 nitrogen and oxygen atoms in total. The highest BCUT2D eigenvalue weighted by Crippen LogP contribution is 2.40. The summed E-state index contributed by atoms with van der Waals surface area (Å²) in [7, 11) is 0. The SMILES string of the molecule is Cc1c2c(c(-c3ccccc3)c3ccccc13)C(=O)OC2=O. The zero-order chi connectivity index (χ0) is 15.3. The first-order valence-corrected chi connectivity index (χ1v) is 7.05. The number of hydrogen-bond donors (Lipinski definition) is 0. The van der Waals surface area contributed by atoms with Crippen LogP contribution < -0.4 is 0 Å². The number of esters is 2. The highest BCUT2D eigenvalue weighted by atomic mass is 16.6. The van der Waals surface area contributed by atoms with E-state index in [0.717, 1.165) is 27.5 Å². The molecule has 1 heterocycles. The van der Waals surface area contributed by atoms with E-state index in [1.54, 1.807) is 0 Å². The second-order valence-electron chi connectivity index (χ2n) is 5.34. The van der Waals surface area contributed by atoms with Crippen LogP contribution in [-0.2, 0) is 4.74 Å². The molecule has 106 valence electrons. The molecule has 0 fully saturated rings. The minimum absolute atomic E-state index is 0.382. The number of carbonyl (C=O) groups excluding carboxylic acids is 2.